The van der Waals surface area contributed by atoms with Gasteiger partial charge in [-0.2, -0.15) is 28.4 Å². The van der Waals surface area contributed by atoms with Gasteiger partial charge in [-0.05, 0) is 31.0 Å². The van der Waals surface area contributed by atoms with Gasteiger partial charge in [-0.15, -0.1) is 11.3 Å². The van der Waals surface area contributed by atoms with Gasteiger partial charge in [0.1, 0.15) is 28.2 Å². The van der Waals surface area contributed by atoms with Gasteiger partial charge >= 0.3 is 18.3 Å². The smallest absolute Gasteiger partial charge is 0.417 e. The summed E-state index contributed by atoms with van der Waals surface area (Å²) in [5.41, 5.74) is 2.45. The maximum Gasteiger partial charge on any atom is 0.417 e. The van der Waals surface area contributed by atoms with E-state index >= 15 is 4.39 Å². The lowest BCUT2D eigenvalue weighted by molar-refractivity contribution is -0.137. The highest BCUT2D eigenvalue weighted by atomic mass is 32.1. The summed E-state index contributed by atoms with van der Waals surface area (Å²) in [6.07, 6.45) is -5.22. The Morgan fingerprint density at radius 1 is 1.26 bits per heavy atom. The number of rotatable bonds is 4. The van der Waals surface area contributed by atoms with Gasteiger partial charge in [-0.3, -0.25) is 0 Å². The molecule has 2 aromatic carbocycles. The Labute approximate surface area is 239 Å². The number of nitrogens with zero attached hydrogens (tertiary/aromatic N) is 5. The number of anilines is 2. The summed E-state index contributed by atoms with van der Waals surface area (Å²) in [4.78, 5) is 23.5. The number of ether oxygens (including phenoxy) is 2. The third kappa shape index (κ3) is 4.46. The van der Waals surface area contributed by atoms with E-state index in [4.69, 9.17) is 15.2 Å². The van der Waals surface area contributed by atoms with Crippen molar-refractivity contribution in [2.75, 3.05) is 38.4 Å². The van der Waals surface area contributed by atoms with Crippen molar-refractivity contribution in [1.82, 2.24) is 14.9 Å². The first-order valence-corrected chi connectivity index (χ1v) is 13.3. The average molecular weight is 607 g/mol. The number of methoxy groups -OCH3 is 2. The van der Waals surface area contributed by atoms with Gasteiger partial charge in [-0.1, -0.05) is 6.07 Å². The Bertz CT molecular complexity index is 1790. The van der Waals surface area contributed by atoms with E-state index in [9.17, 15) is 27.6 Å². The van der Waals surface area contributed by atoms with Gasteiger partial charge in [0.15, 0.2) is 5.82 Å². The second-order valence-electron chi connectivity index (χ2n) is 9.66. The summed E-state index contributed by atoms with van der Waals surface area (Å²) in [6, 6.07) is 3.24. The van der Waals surface area contributed by atoms with Gasteiger partial charge in [-0.25, -0.2) is 13.6 Å². The molecule has 15 heteroatoms. The zero-order valence-corrected chi connectivity index (χ0v) is 23.5. The zero-order chi connectivity index (χ0) is 30.7. The van der Waals surface area contributed by atoms with Crippen molar-refractivity contribution in [2.45, 2.75) is 31.6 Å². The summed E-state index contributed by atoms with van der Waals surface area (Å²) in [5, 5.41) is 9.05. The standard InChI is InChI=1S/C27H23F5N6O3S/c1-11-17(7-8-38(11)26(39)41-4)37(2)24-13-9-15(27(30,31)32)19(20(29)21(13)35-25(36-24)40-3)12-5-6-16(28)22-18(12)14(10-33)23(34)42-22/h5-6,9,11,17H,7-8,34H2,1-4H3. The molecule has 1 aliphatic heterocycles. The molecule has 1 saturated heterocycles. The topological polar surface area (TPSA) is 118 Å². The second kappa shape index (κ2) is 10.4. The number of halogens is 5. The van der Waals surface area contributed by atoms with Crippen LogP contribution in [0.5, 0.6) is 6.01 Å². The lowest BCUT2D eigenvalue weighted by Gasteiger charge is -2.32. The number of nitrogen functional groups attached to an aromatic ring is 1. The number of nitriles is 1. The van der Waals surface area contributed by atoms with Crippen LogP contribution >= 0.6 is 11.3 Å². The third-order valence-corrected chi connectivity index (χ3v) is 8.56. The van der Waals surface area contributed by atoms with Crippen molar-refractivity contribution in [2.24, 2.45) is 0 Å². The zero-order valence-electron chi connectivity index (χ0n) is 22.6. The van der Waals surface area contributed by atoms with E-state index in [0.29, 0.717) is 24.3 Å². The number of hydrogen-bond acceptors (Lipinski definition) is 9. The number of likely N-dealkylation sites (N-methyl/N-ethyl adjacent to an activating group) is 1. The first kappa shape index (κ1) is 29.1. The summed E-state index contributed by atoms with van der Waals surface area (Å²) < 4.78 is 85.0. The molecule has 1 amide bonds. The minimum Gasteiger partial charge on any atom is -0.467 e. The van der Waals surface area contributed by atoms with Crippen molar-refractivity contribution < 1.29 is 36.2 Å². The highest BCUT2D eigenvalue weighted by molar-refractivity contribution is 7.23. The molecule has 0 spiro atoms. The predicted octanol–water partition coefficient (Wildman–Crippen LogP) is 5.94. The van der Waals surface area contributed by atoms with Crippen molar-refractivity contribution in [3.05, 3.63) is 41.0 Å². The lowest BCUT2D eigenvalue weighted by atomic mass is 9.92. The van der Waals surface area contributed by atoms with Crippen LogP contribution in [0.2, 0.25) is 0 Å². The number of fused-ring (bicyclic) bond motifs is 2. The lowest BCUT2D eigenvalue weighted by Crippen LogP contribution is -2.44. The van der Waals surface area contributed by atoms with Crippen LogP contribution < -0.4 is 15.4 Å². The molecular formula is C27H23F5N6O3S. The largest absolute Gasteiger partial charge is 0.467 e. The van der Waals surface area contributed by atoms with Crippen molar-refractivity contribution in [3.8, 4) is 23.2 Å². The molecule has 3 heterocycles. The maximum atomic E-state index is 16.5. The van der Waals surface area contributed by atoms with Crippen molar-refractivity contribution in [1.29, 1.82) is 5.26 Å². The van der Waals surface area contributed by atoms with Gasteiger partial charge in [0.2, 0.25) is 0 Å². The molecule has 0 bridgehead atoms. The Balaban J connectivity index is 1.81. The SMILES string of the molecule is COC(=O)N1CCC(N(C)c2nc(OC)nc3c(F)c(-c4ccc(F)c5sc(N)c(C#N)c45)c(C(F)(F)F)cc23)C1C. The molecule has 1 aliphatic rings. The molecule has 2 atom stereocenters. The minimum atomic E-state index is -5.09. The molecule has 2 N–H and O–H groups in total. The van der Waals surface area contributed by atoms with Crippen LogP contribution in [0.25, 0.3) is 32.1 Å². The van der Waals surface area contributed by atoms with Gasteiger partial charge in [0.25, 0.3) is 0 Å². The quantitative estimate of drug-likeness (QED) is 0.284. The monoisotopic (exact) mass is 606 g/mol. The Morgan fingerprint density at radius 3 is 2.60 bits per heavy atom. The van der Waals surface area contributed by atoms with Crippen molar-refractivity contribution in [3.63, 3.8) is 0 Å². The highest BCUT2D eigenvalue weighted by Crippen LogP contribution is 2.48. The fourth-order valence-electron chi connectivity index (χ4n) is 5.52. The molecule has 42 heavy (non-hydrogen) atoms. The molecular weight excluding hydrogens is 583 g/mol. The summed E-state index contributed by atoms with van der Waals surface area (Å²) in [7, 11) is 4.04. The fraction of sp³-hybridized carbons (Fsp3) is 0.333. The fourth-order valence-corrected chi connectivity index (χ4v) is 6.47. The van der Waals surface area contributed by atoms with Crippen LogP contribution in [0.4, 0.5) is 37.6 Å². The second-order valence-corrected chi connectivity index (χ2v) is 10.7. The first-order valence-electron chi connectivity index (χ1n) is 12.5. The van der Waals surface area contributed by atoms with Crippen LogP contribution in [-0.4, -0.2) is 60.9 Å². The van der Waals surface area contributed by atoms with E-state index in [1.165, 1.54) is 19.1 Å². The molecule has 2 aromatic heterocycles. The van der Waals surface area contributed by atoms with Gasteiger partial charge < -0.3 is 25.0 Å². The van der Waals surface area contributed by atoms with Gasteiger partial charge in [0, 0.05) is 29.9 Å². The van der Waals surface area contributed by atoms with Crippen LogP contribution in [0, 0.1) is 23.0 Å². The number of carbonyl (C=O) groups excluding carboxylic acids is 1. The molecule has 0 radical (unpaired) electrons. The van der Waals surface area contributed by atoms with Gasteiger partial charge in [0.05, 0.1) is 42.1 Å². The minimum absolute atomic E-state index is 0.0573. The molecule has 0 saturated carbocycles. The number of benzene rings is 2. The van der Waals surface area contributed by atoms with E-state index in [0.717, 1.165) is 18.2 Å². The third-order valence-electron chi connectivity index (χ3n) is 7.53. The summed E-state index contributed by atoms with van der Waals surface area (Å²) in [6.45, 7) is 2.07. The molecule has 220 valence electrons. The van der Waals surface area contributed by atoms with E-state index < -0.39 is 52.6 Å². The molecule has 1 fully saturated rings. The number of likely N-dealkylation sites (tertiary alicyclic amines) is 1. The maximum absolute atomic E-state index is 16.5. The number of thiophene rings is 1. The van der Waals surface area contributed by atoms with Crippen molar-refractivity contribution >= 4 is 49.2 Å². The van der Waals surface area contributed by atoms with Crippen LogP contribution in [0.3, 0.4) is 0 Å². The van der Waals surface area contributed by atoms with Crippen LogP contribution in [0.15, 0.2) is 18.2 Å². The number of carbonyl (C=O) groups is 1. The van der Waals surface area contributed by atoms with E-state index in [-0.39, 0.29) is 43.4 Å². The number of alkyl halides is 3. The summed E-state index contributed by atoms with van der Waals surface area (Å²) in [5.74, 6) is -2.24. The van der Waals surface area contributed by atoms with Crippen LogP contribution in [0.1, 0.15) is 24.5 Å². The Morgan fingerprint density at radius 2 is 1.98 bits per heavy atom. The summed E-state index contributed by atoms with van der Waals surface area (Å²) >= 11 is 0.679. The van der Waals surface area contributed by atoms with E-state index in [1.54, 1.807) is 24.9 Å². The Hall–Kier alpha value is -4.45. The molecule has 5 rings (SSSR count). The first-order chi connectivity index (χ1) is 19.8. The normalized spacial score (nSPS) is 17.1. The molecule has 2 unspecified atom stereocenters. The number of nitrogens with two attached hydrogens (primary N) is 1. The molecule has 9 nitrogen and oxygen atoms in total. The molecule has 0 aliphatic carbocycles. The number of hydrogen-bond donors (Lipinski definition) is 1. The molecule has 4 aromatic rings. The van der Waals surface area contributed by atoms with E-state index in [2.05, 4.69) is 9.97 Å². The number of amides is 1. The average Bonchev–Trinajstić information content (AvgIpc) is 3.51. The number of aromatic nitrogens is 2. The predicted molar refractivity (Wildman–Crippen MR) is 146 cm³/mol. The van der Waals surface area contributed by atoms with Crippen LogP contribution in [-0.2, 0) is 10.9 Å². The Kier molecular flexibility index (Phi) is 7.22. The highest BCUT2D eigenvalue weighted by Gasteiger charge is 2.41. The van der Waals surface area contributed by atoms with E-state index in [1.807, 2.05) is 0 Å².